The maximum atomic E-state index is 13.2. The average Bonchev–Trinajstić information content (AvgIpc) is 2.33. The zero-order valence-corrected chi connectivity index (χ0v) is 13.6. The second kappa shape index (κ2) is 5.92. The Bertz CT molecular complexity index is 434. The highest BCUT2D eigenvalue weighted by Crippen LogP contribution is 2.36. The van der Waals surface area contributed by atoms with Gasteiger partial charge >= 0.3 is 0 Å². The van der Waals surface area contributed by atoms with E-state index in [0.717, 1.165) is 6.54 Å². The van der Waals surface area contributed by atoms with Gasteiger partial charge in [0, 0.05) is 12.6 Å². The van der Waals surface area contributed by atoms with E-state index in [-0.39, 0.29) is 5.82 Å². The third kappa shape index (κ3) is 4.03. The second-order valence-electron chi connectivity index (χ2n) is 6.56. The molecular formula is C16H23BrFN. The monoisotopic (exact) mass is 327 g/mol. The van der Waals surface area contributed by atoms with Gasteiger partial charge in [0.25, 0.3) is 0 Å². The normalized spacial score (nSPS) is 19.9. The highest BCUT2D eigenvalue weighted by atomic mass is 79.9. The van der Waals surface area contributed by atoms with Gasteiger partial charge in [-0.25, -0.2) is 4.39 Å². The minimum absolute atomic E-state index is 0.189. The first kappa shape index (κ1) is 15.0. The minimum atomic E-state index is -0.189. The van der Waals surface area contributed by atoms with Crippen molar-refractivity contribution in [2.45, 2.75) is 52.1 Å². The van der Waals surface area contributed by atoms with Crippen LogP contribution in [0.15, 0.2) is 22.7 Å². The van der Waals surface area contributed by atoms with Crippen LogP contribution in [0.3, 0.4) is 0 Å². The lowest BCUT2D eigenvalue weighted by Crippen LogP contribution is -2.36. The van der Waals surface area contributed by atoms with Crippen molar-refractivity contribution in [1.29, 1.82) is 0 Å². The Kier molecular flexibility index (Phi) is 4.67. The van der Waals surface area contributed by atoms with Crippen molar-refractivity contribution in [3.05, 3.63) is 34.1 Å². The van der Waals surface area contributed by atoms with Crippen LogP contribution < -0.4 is 0 Å². The third-order valence-electron chi connectivity index (χ3n) is 4.35. The van der Waals surface area contributed by atoms with E-state index in [4.69, 9.17) is 0 Å². The molecule has 1 aliphatic rings. The molecule has 2 rings (SSSR count). The van der Waals surface area contributed by atoms with Crippen molar-refractivity contribution in [3.63, 3.8) is 0 Å². The Morgan fingerprint density at radius 3 is 2.53 bits per heavy atom. The topological polar surface area (TPSA) is 3.24 Å². The fraction of sp³-hybridized carbons (Fsp3) is 0.625. The molecule has 19 heavy (non-hydrogen) atoms. The highest BCUT2D eigenvalue weighted by Gasteiger charge is 2.28. The van der Waals surface area contributed by atoms with E-state index in [1.165, 1.54) is 37.3 Å². The molecule has 0 saturated heterocycles. The van der Waals surface area contributed by atoms with Crippen LogP contribution in [0, 0.1) is 11.2 Å². The molecule has 0 aromatic heterocycles. The Labute approximate surface area is 124 Å². The second-order valence-corrected chi connectivity index (χ2v) is 7.41. The first-order chi connectivity index (χ1) is 8.87. The van der Waals surface area contributed by atoms with Crippen LogP contribution in [0.25, 0.3) is 0 Å². The van der Waals surface area contributed by atoms with Gasteiger partial charge in [-0.2, -0.15) is 0 Å². The Morgan fingerprint density at radius 2 is 1.95 bits per heavy atom. The summed E-state index contributed by atoms with van der Waals surface area (Å²) in [6.07, 6.45) is 5.14. The van der Waals surface area contributed by atoms with E-state index >= 15 is 0 Å². The molecule has 1 nitrogen and oxygen atoms in total. The van der Waals surface area contributed by atoms with Crippen molar-refractivity contribution < 1.29 is 4.39 Å². The predicted molar refractivity (Wildman–Crippen MR) is 81.6 cm³/mol. The number of hydrogen-bond donors (Lipinski definition) is 0. The lowest BCUT2D eigenvalue weighted by atomic mass is 9.75. The van der Waals surface area contributed by atoms with E-state index in [1.54, 1.807) is 0 Å². The zero-order valence-electron chi connectivity index (χ0n) is 12.0. The van der Waals surface area contributed by atoms with Crippen LogP contribution in [0.2, 0.25) is 0 Å². The first-order valence-corrected chi connectivity index (χ1v) is 7.81. The molecule has 106 valence electrons. The van der Waals surface area contributed by atoms with E-state index in [1.807, 2.05) is 12.1 Å². The molecule has 0 N–H and O–H groups in total. The molecule has 1 fully saturated rings. The molecule has 3 heteroatoms. The van der Waals surface area contributed by atoms with Crippen LogP contribution in [0.5, 0.6) is 0 Å². The van der Waals surface area contributed by atoms with Gasteiger partial charge in [0.1, 0.15) is 5.82 Å². The lowest BCUT2D eigenvalue weighted by molar-refractivity contribution is 0.123. The molecule has 0 bridgehead atoms. The summed E-state index contributed by atoms with van der Waals surface area (Å²) in [5.41, 5.74) is 1.68. The molecule has 0 aliphatic heterocycles. The number of halogens is 2. The summed E-state index contributed by atoms with van der Waals surface area (Å²) in [6.45, 7) is 5.62. The summed E-state index contributed by atoms with van der Waals surface area (Å²) in [6, 6.07) is 5.97. The molecule has 0 radical (unpaired) electrons. The van der Waals surface area contributed by atoms with E-state index in [2.05, 4.69) is 41.7 Å². The van der Waals surface area contributed by atoms with E-state index in [9.17, 15) is 4.39 Å². The fourth-order valence-corrected chi connectivity index (χ4v) is 3.31. The van der Waals surface area contributed by atoms with Gasteiger partial charge in [-0.3, -0.25) is 4.90 Å². The van der Waals surface area contributed by atoms with Gasteiger partial charge in [0.15, 0.2) is 0 Å². The molecule has 1 aliphatic carbocycles. The SMILES string of the molecule is CN(Cc1ccc(F)c(Br)c1)C1CCC(C)(C)CC1. The third-order valence-corrected chi connectivity index (χ3v) is 4.96. The summed E-state index contributed by atoms with van der Waals surface area (Å²) in [4.78, 5) is 2.41. The smallest absolute Gasteiger partial charge is 0.137 e. The number of benzene rings is 1. The van der Waals surface area contributed by atoms with Crippen molar-refractivity contribution in [2.24, 2.45) is 5.41 Å². The molecule has 0 unspecified atom stereocenters. The molecule has 1 saturated carbocycles. The van der Waals surface area contributed by atoms with Crippen LogP contribution in [-0.4, -0.2) is 18.0 Å². The minimum Gasteiger partial charge on any atom is -0.299 e. The van der Waals surface area contributed by atoms with Crippen molar-refractivity contribution in [1.82, 2.24) is 4.90 Å². The van der Waals surface area contributed by atoms with Gasteiger partial charge < -0.3 is 0 Å². The molecule has 1 aromatic carbocycles. The summed E-state index contributed by atoms with van der Waals surface area (Å²) < 4.78 is 13.8. The van der Waals surface area contributed by atoms with Crippen molar-refractivity contribution >= 4 is 15.9 Å². The highest BCUT2D eigenvalue weighted by molar-refractivity contribution is 9.10. The molecular weight excluding hydrogens is 305 g/mol. The van der Waals surface area contributed by atoms with Crippen LogP contribution >= 0.6 is 15.9 Å². The van der Waals surface area contributed by atoms with Gasteiger partial charge in [-0.15, -0.1) is 0 Å². The Balaban J connectivity index is 1.94. The molecule has 0 atom stereocenters. The quantitative estimate of drug-likeness (QED) is 0.756. The average molecular weight is 328 g/mol. The number of rotatable bonds is 3. The molecule has 1 aromatic rings. The van der Waals surface area contributed by atoms with Gasteiger partial charge in [0.05, 0.1) is 4.47 Å². The van der Waals surface area contributed by atoms with Gasteiger partial charge in [-0.1, -0.05) is 19.9 Å². The fourth-order valence-electron chi connectivity index (χ4n) is 2.88. The maximum absolute atomic E-state index is 13.2. The number of hydrogen-bond acceptors (Lipinski definition) is 1. The van der Waals surface area contributed by atoms with E-state index < -0.39 is 0 Å². The Hall–Kier alpha value is -0.410. The zero-order chi connectivity index (χ0) is 14.0. The summed E-state index contributed by atoms with van der Waals surface area (Å²) in [5, 5.41) is 0. The summed E-state index contributed by atoms with van der Waals surface area (Å²) in [7, 11) is 2.18. The standard InChI is InChI=1S/C16H23BrFN/c1-16(2)8-6-13(7-9-16)19(3)11-12-4-5-15(18)14(17)10-12/h4-5,10,13H,6-9,11H2,1-3H3. The summed E-state index contributed by atoms with van der Waals surface area (Å²) in [5.74, 6) is -0.189. The Morgan fingerprint density at radius 1 is 1.32 bits per heavy atom. The largest absolute Gasteiger partial charge is 0.299 e. The lowest BCUT2D eigenvalue weighted by Gasteiger charge is -2.38. The van der Waals surface area contributed by atoms with Crippen LogP contribution in [0.4, 0.5) is 4.39 Å². The molecule has 0 spiro atoms. The first-order valence-electron chi connectivity index (χ1n) is 7.01. The molecule has 0 heterocycles. The van der Waals surface area contributed by atoms with Crippen molar-refractivity contribution in [2.75, 3.05) is 7.05 Å². The number of nitrogens with zero attached hydrogens (tertiary/aromatic N) is 1. The summed E-state index contributed by atoms with van der Waals surface area (Å²) >= 11 is 3.25. The van der Waals surface area contributed by atoms with Crippen LogP contribution in [-0.2, 0) is 6.54 Å². The van der Waals surface area contributed by atoms with Crippen molar-refractivity contribution in [3.8, 4) is 0 Å². The van der Waals surface area contributed by atoms with E-state index in [0.29, 0.717) is 15.9 Å². The predicted octanol–water partition coefficient (Wildman–Crippen LogP) is 4.99. The maximum Gasteiger partial charge on any atom is 0.137 e. The van der Waals surface area contributed by atoms with Crippen LogP contribution in [0.1, 0.15) is 45.1 Å². The van der Waals surface area contributed by atoms with Gasteiger partial charge in [0.2, 0.25) is 0 Å². The molecule has 0 amide bonds. The van der Waals surface area contributed by atoms with Gasteiger partial charge in [-0.05, 0) is 71.8 Å².